The molecule has 1 aromatic rings. The van der Waals surface area contributed by atoms with Crippen LogP contribution in [0.3, 0.4) is 0 Å². The van der Waals surface area contributed by atoms with Crippen LogP contribution < -0.4 is 10.1 Å². The van der Waals surface area contributed by atoms with Crippen molar-refractivity contribution in [1.82, 2.24) is 14.9 Å². The van der Waals surface area contributed by atoms with Crippen molar-refractivity contribution >= 4 is 18.0 Å². The third-order valence-corrected chi connectivity index (χ3v) is 5.66. The fourth-order valence-corrected chi connectivity index (χ4v) is 4.19. The van der Waals surface area contributed by atoms with Crippen LogP contribution in [0.1, 0.15) is 40.5 Å². The minimum atomic E-state index is -0.504. The molecule has 0 radical (unpaired) electrons. The number of hydrogen-bond donors (Lipinski definition) is 1. The average Bonchev–Trinajstić information content (AvgIpc) is 3.31. The van der Waals surface area contributed by atoms with Crippen molar-refractivity contribution in [3.63, 3.8) is 0 Å². The molecular formula is C22H32N4O7. The van der Waals surface area contributed by atoms with Gasteiger partial charge in [-0.15, -0.1) is 0 Å². The van der Waals surface area contributed by atoms with Gasteiger partial charge in [-0.05, 0) is 33.6 Å². The number of rotatable bonds is 5. The molecule has 1 amide bonds. The van der Waals surface area contributed by atoms with Crippen LogP contribution in [-0.2, 0) is 23.7 Å². The van der Waals surface area contributed by atoms with Gasteiger partial charge in [-0.3, -0.25) is 4.79 Å². The molecule has 0 spiro atoms. The number of amides is 1. The molecule has 3 aliphatic rings. The van der Waals surface area contributed by atoms with Crippen LogP contribution in [0, 0.1) is 0 Å². The smallest absolute Gasteiger partial charge is 0.410 e. The van der Waals surface area contributed by atoms with E-state index in [4.69, 9.17) is 23.7 Å². The SMILES string of the molecule is CC(=O)O[C@H]1CO[C@H]2[C@@H]1OC[C@@H]2Oc1ccnc(NC2CCN(C(=O)OC(C)(C)C)CC2)n1. The van der Waals surface area contributed by atoms with Gasteiger partial charge in [-0.1, -0.05) is 0 Å². The van der Waals surface area contributed by atoms with E-state index in [1.165, 1.54) is 6.92 Å². The zero-order valence-electron chi connectivity index (χ0n) is 19.5. The molecule has 11 heteroatoms. The highest BCUT2D eigenvalue weighted by Crippen LogP contribution is 2.31. The first-order valence-corrected chi connectivity index (χ1v) is 11.3. The van der Waals surface area contributed by atoms with E-state index in [1.54, 1.807) is 17.2 Å². The third kappa shape index (κ3) is 6.02. The van der Waals surface area contributed by atoms with Crippen molar-refractivity contribution in [2.45, 2.75) is 76.6 Å². The van der Waals surface area contributed by atoms with Gasteiger partial charge < -0.3 is 33.9 Å². The highest BCUT2D eigenvalue weighted by Gasteiger charge is 2.50. The summed E-state index contributed by atoms with van der Waals surface area (Å²) >= 11 is 0. The second kappa shape index (κ2) is 9.68. The summed E-state index contributed by atoms with van der Waals surface area (Å²) in [6, 6.07) is 1.82. The number of esters is 1. The summed E-state index contributed by atoms with van der Waals surface area (Å²) in [5.41, 5.74) is -0.504. The molecule has 4 atom stereocenters. The molecule has 182 valence electrons. The highest BCUT2D eigenvalue weighted by molar-refractivity contribution is 5.68. The number of hydrogen-bond acceptors (Lipinski definition) is 10. The molecule has 0 unspecified atom stereocenters. The summed E-state index contributed by atoms with van der Waals surface area (Å²) in [6.07, 6.45) is 1.44. The van der Waals surface area contributed by atoms with E-state index < -0.39 is 11.7 Å². The fraction of sp³-hybridized carbons (Fsp3) is 0.727. The number of carbonyl (C=O) groups is 2. The second-order valence-corrected chi connectivity index (χ2v) is 9.50. The van der Waals surface area contributed by atoms with Gasteiger partial charge in [0.1, 0.15) is 17.8 Å². The Kier molecular flexibility index (Phi) is 6.89. The minimum Gasteiger partial charge on any atom is -0.469 e. The molecule has 3 saturated heterocycles. The van der Waals surface area contributed by atoms with Gasteiger partial charge in [0.05, 0.1) is 13.2 Å². The van der Waals surface area contributed by atoms with Gasteiger partial charge in [0.2, 0.25) is 11.8 Å². The molecule has 1 N–H and O–H groups in total. The molecule has 0 saturated carbocycles. The lowest BCUT2D eigenvalue weighted by atomic mass is 10.1. The quantitative estimate of drug-likeness (QED) is 0.645. The molecule has 4 rings (SSSR count). The standard InChI is InChI=1S/C22H32N4O7/c1-13(27)31-15-11-29-19-16(12-30-18(15)19)32-17-5-8-23-20(25-17)24-14-6-9-26(10-7-14)21(28)33-22(2,3)4/h5,8,14-16,18-19H,6-7,9-12H2,1-4H3,(H,23,24,25)/t15-,16-,18+,19+/m0/s1. The first-order chi connectivity index (χ1) is 15.7. The molecule has 0 aromatic carbocycles. The third-order valence-electron chi connectivity index (χ3n) is 5.66. The van der Waals surface area contributed by atoms with Crippen LogP contribution in [0.5, 0.6) is 5.88 Å². The number of aromatic nitrogens is 2. The number of nitrogens with one attached hydrogen (secondary N) is 1. The van der Waals surface area contributed by atoms with Crippen LogP contribution >= 0.6 is 0 Å². The Balaban J connectivity index is 1.27. The van der Waals surface area contributed by atoms with E-state index >= 15 is 0 Å². The number of nitrogens with zero attached hydrogens (tertiary/aromatic N) is 3. The van der Waals surface area contributed by atoms with Crippen molar-refractivity contribution in [1.29, 1.82) is 0 Å². The maximum atomic E-state index is 12.2. The van der Waals surface area contributed by atoms with Crippen LogP contribution in [0.25, 0.3) is 0 Å². The normalized spacial score (nSPS) is 27.7. The van der Waals surface area contributed by atoms with Crippen LogP contribution in [0.15, 0.2) is 12.3 Å². The van der Waals surface area contributed by atoms with Crippen molar-refractivity contribution in [3.8, 4) is 5.88 Å². The topological polar surface area (TPSA) is 121 Å². The Bertz CT molecular complexity index is 853. The van der Waals surface area contributed by atoms with Gasteiger partial charge in [0.15, 0.2) is 12.2 Å². The zero-order chi connectivity index (χ0) is 23.6. The number of likely N-dealkylation sites (tertiary alicyclic amines) is 1. The molecule has 33 heavy (non-hydrogen) atoms. The summed E-state index contributed by atoms with van der Waals surface area (Å²) in [6.45, 7) is 8.77. The van der Waals surface area contributed by atoms with Crippen molar-refractivity contribution in [3.05, 3.63) is 12.3 Å². The molecule has 0 bridgehead atoms. The average molecular weight is 465 g/mol. The number of carbonyl (C=O) groups excluding carboxylic acids is 2. The second-order valence-electron chi connectivity index (χ2n) is 9.50. The predicted molar refractivity (Wildman–Crippen MR) is 116 cm³/mol. The number of fused-ring (bicyclic) bond motifs is 1. The number of ether oxygens (including phenoxy) is 5. The molecule has 3 aliphatic heterocycles. The predicted octanol–water partition coefficient (Wildman–Crippen LogP) is 1.76. The van der Waals surface area contributed by atoms with Crippen molar-refractivity contribution in [2.75, 3.05) is 31.6 Å². The zero-order valence-corrected chi connectivity index (χ0v) is 19.5. The van der Waals surface area contributed by atoms with E-state index in [0.717, 1.165) is 12.8 Å². The lowest BCUT2D eigenvalue weighted by Gasteiger charge is -2.33. The van der Waals surface area contributed by atoms with Gasteiger partial charge >= 0.3 is 12.1 Å². The lowest BCUT2D eigenvalue weighted by molar-refractivity contribution is -0.151. The van der Waals surface area contributed by atoms with Crippen LogP contribution in [0.4, 0.5) is 10.7 Å². The monoisotopic (exact) mass is 464 g/mol. The molecule has 0 aliphatic carbocycles. The maximum Gasteiger partial charge on any atom is 0.410 e. The van der Waals surface area contributed by atoms with E-state index in [2.05, 4.69) is 15.3 Å². The van der Waals surface area contributed by atoms with Gasteiger partial charge in [0.25, 0.3) is 0 Å². The van der Waals surface area contributed by atoms with Gasteiger partial charge in [-0.25, -0.2) is 9.78 Å². The minimum absolute atomic E-state index is 0.140. The molecular weight excluding hydrogens is 432 g/mol. The van der Waals surface area contributed by atoms with E-state index in [0.29, 0.717) is 31.5 Å². The first kappa shape index (κ1) is 23.5. The van der Waals surface area contributed by atoms with Crippen LogP contribution in [0.2, 0.25) is 0 Å². The fourth-order valence-electron chi connectivity index (χ4n) is 4.19. The molecule has 1 aromatic heterocycles. The van der Waals surface area contributed by atoms with Gasteiger partial charge in [0, 0.05) is 38.3 Å². The summed E-state index contributed by atoms with van der Waals surface area (Å²) in [4.78, 5) is 34.0. The Labute approximate surface area is 193 Å². The summed E-state index contributed by atoms with van der Waals surface area (Å²) in [5.74, 6) is 0.511. The van der Waals surface area contributed by atoms with E-state index in [-0.39, 0.29) is 43.0 Å². The van der Waals surface area contributed by atoms with Gasteiger partial charge in [-0.2, -0.15) is 4.98 Å². The molecule has 4 heterocycles. The van der Waals surface area contributed by atoms with Crippen LogP contribution in [-0.4, -0.2) is 89.3 Å². The number of piperidine rings is 1. The Morgan fingerprint density at radius 2 is 1.79 bits per heavy atom. The summed E-state index contributed by atoms with van der Waals surface area (Å²) < 4.78 is 28.2. The van der Waals surface area contributed by atoms with Crippen molar-refractivity contribution < 1.29 is 33.3 Å². The maximum absolute atomic E-state index is 12.2. The highest BCUT2D eigenvalue weighted by atomic mass is 16.7. The Hall–Kier alpha value is -2.66. The Morgan fingerprint density at radius 3 is 2.45 bits per heavy atom. The first-order valence-electron chi connectivity index (χ1n) is 11.3. The van der Waals surface area contributed by atoms with Crippen molar-refractivity contribution in [2.24, 2.45) is 0 Å². The molecule has 3 fully saturated rings. The summed E-state index contributed by atoms with van der Waals surface area (Å²) in [5, 5.41) is 3.33. The molecule has 11 nitrogen and oxygen atoms in total. The lowest BCUT2D eigenvalue weighted by Crippen LogP contribution is -2.44. The number of anilines is 1. The Morgan fingerprint density at radius 1 is 1.12 bits per heavy atom. The van der Waals surface area contributed by atoms with E-state index in [1.807, 2.05) is 20.8 Å². The van der Waals surface area contributed by atoms with E-state index in [9.17, 15) is 9.59 Å². The summed E-state index contributed by atoms with van der Waals surface area (Å²) in [7, 11) is 0. The largest absolute Gasteiger partial charge is 0.469 e.